The minimum absolute atomic E-state index is 0.209. The van der Waals surface area contributed by atoms with Crippen molar-refractivity contribution in [2.75, 3.05) is 26.8 Å². The number of rotatable bonds is 5. The van der Waals surface area contributed by atoms with Crippen molar-refractivity contribution < 1.29 is 19.0 Å². The topological polar surface area (TPSA) is 60.9 Å². The van der Waals surface area contributed by atoms with Crippen LogP contribution < -0.4 is 9.47 Å². The highest BCUT2D eigenvalue weighted by Gasteiger charge is 2.26. The van der Waals surface area contributed by atoms with E-state index in [0.717, 1.165) is 54.8 Å². The van der Waals surface area contributed by atoms with Gasteiger partial charge in [0.25, 0.3) is 0 Å². The average molecular weight is 386 g/mol. The van der Waals surface area contributed by atoms with Gasteiger partial charge in [0.1, 0.15) is 17.1 Å². The van der Waals surface area contributed by atoms with Crippen LogP contribution in [0, 0.1) is 5.92 Å². The summed E-state index contributed by atoms with van der Waals surface area (Å²) in [5.74, 6) is 2.18. The van der Waals surface area contributed by atoms with E-state index in [1.54, 1.807) is 13.3 Å². The minimum atomic E-state index is -0.447. The van der Waals surface area contributed by atoms with Crippen molar-refractivity contribution in [2.45, 2.75) is 45.6 Å². The second kappa shape index (κ2) is 8.67. The van der Waals surface area contributed by atoms with Crippen molar-refractivity contribution in [3.63, 3.8) is 0 Å². The molecule has 1 fully saturated rings. The number of fused-ring (bicyclic) bond motifs is 1. The standard InChI is InChI=1S/C22H30N2O4/c1-22(2,3)28-21(25)24-12-8-16(9-13-24)10-14-27-20-7-11-23-19-6-5-17(26-4)15-18(19)20/h5-7,11,15-16H,8-10,12-14H2,1-4H3. The van der Waals surface area contributed by atoms with Crippen LogP contribution in [-0.4, -0.2) is 48.4 Å². The van der Waals surface area contributed by atoms with E-state index < -0.39 is 5.60 Å². The lowest BCUT2D eigenvalue weighted by Crippen LogP contribution is -2.41. The Balaban J connectivity index is 1.49. The molecule has 0 N–H and O–H groups in total. The van der Waals surface area contributed by atoms with Gasteiger partial charge < -0.3 is 19.1 Å². The van der Waals surface area contributed by atoms with Gasteiger partial charge in [-0.15, -0.1) is 0 Å². The summed E-state index contributed by atoms with van der Waals surface area (Å²) in [6.07, 6.45) is 4.49. The normalized spacial score (nSPS) is 15.5. The van der Waals surface area contributed by atoms with Crippen LogP contribution in [0.1, 0.15) is 40.0 Å². The van der Waals surface area contributed by atoms with E-state index in [4.69, 9.17) is 14.2 Å². The number of hydrogen-bond donors (Lipinski definition) is 0. The lowest BCUT2D eigenvalue weighted by molar-refractivity contribution is 0.0177. The third-order valence-electron chi connectivity index (χ3n) is 4.96. The molecule has 1 aliphatic heterocycles. The maximum Gasteiger partial charge on any atom is 0.410 e. The van der Waals surface area contributed by atoms with Crippen molar-refractivity contribution in [2.24, 2.45) is 5.92 Å². The first-order valence-electron chi connectivity index (χ1n) is 9.89. The molecular weight excluding hydrogens is 356 g/mol. The van der Waals surface area contributed by atoms with Crippen molar-refractivity contribution in [1.29, 1.82) is 0 Å². The summed E-state index contributed by atoms with van der Waals surface area (Å²) in [5, 5.41) is 0.960. The molecule has 0 bridgehead atoms. The molecule has 1 saturated heterocycles. The smallest absolute Gasteiger partial charge is 0.410 e. The predicted octanol–water partition coefficient (Wildman–Crippen LogP) is 4.66. The molecule has 2 heterocycles. The Bertz CT molecular complexity index is 808. The zero-order valence-electron chi connectivity index (χ0n) is 17.2. The Hall–Kier alpha value is -2.50. The van der Waals surface area contributed by atoms with Gasteiger partial charge in [0.2, 0.25) is 0 Å². The molecule has 0 saturated carbocycles. The molecule has 2 aromatic rings. The number of pyridine rings is 1. The number of amides is 1. The molecular formula is C22H30N2O4. The average Bonchev–Trinajstić information content (AvgIpc) is 2.67. The quantitative estimate of drug-likeness (QED) is 0.748. The summed E-state index contributed by atoms with van der Waals surface area (Å²) in [4.78, 5) is 18.4. The zero-order valence-corrected chi connectivity index (χ0v) is 17.2. The highest BCUT2D eigenvalue weighted by molar-refractivity contribution is 5.86. The molecule has 1 aliphatic rings. The number of ether oxygens (including phenoxy) is 3. The number of carbonyl (C=O) groups excluding carboxylic acids is 1. The summed E-state index contributed by atoms with van der Waals surface area (Å²) in [6.45, 7) is 7.82. The van der Waals surface area contributed by atoms with Crippen LogP contribution >= 0.6 is 0 Å². The number of nitrogens with zero attached hydrogens (tertiary/aromatic N) is 2. The first-order chi connectivity index (χ1) is 13.4. The first-order valence-corrected chi connectivity index (χ1v) is 9.89. The molecule has 6 nitrogen and oxygen atoms in total. The SMILES string of the molecule is COc1ccc2nccc(OCCC3CCN(C(=O)OC(C)(C)C)CC3)c2c1. The fourth-order valence-electron chi connectivity index (χ4n) is 3.42. The molecule has 3 rings (SSSR count). The predicted molar refractivity (Wildman–Crippen MR) is 109 cm³/mol. The highest BCUT2D eigenvalue weighted by Crippen LogP contribution is 2.28. The number of methoxy groups -OCH3 is 1. The van der Waals surface area contributed by atoms with Crippen LogP contribution in [0.4, 0.5) is 4.79 Å². The molecule has 0 spiro atoms. The Labute approximate surface area is 166 Å². The van der Waals surface area contributed by atoms with Crippen molar-refractivity contribution in [3.05, 3.63) is 30.5 Å². The second-order valence-electron chi connectivity index (χ2n) is 8.24. The Morgan fingerprint density at radius 2 is 1.96 bits per heavy atom. The van der Waals surface area contributed by atoms with Crippen LogP contribution in [0.15, 0.2) is 30.5 Å². The molecule has 152 valence electrons. The molecule has 1 amide bonds. The van der Waals surface area contributed by atoms with Crippen molar-refractivity contribution in [3.8, 4) is 11.5 Å². The number of aromatic nitrogens is 1. The van der Waals surface area contributed by atoms with Crippen LogP contribution in [0.5, 0.6) is 11.5 Å². The zero-order chi connectivity index (χ0) is 20.1. The molecule has 0 aliphatic carbocycles. The van der Waals surface area contributed by atoms with Gasteiger partial charge >= 0.3 is 6.09 Å². The molecule has 0 atom stereocenters. The van der Waals surface area contributed by atoms with Crippen LogP contribution in [-0.2, 0) is 4.74 Å². The van der Waals surface area contributed by atoms with Gasteiger partial charge in [0, 0.05) is 24.7 Å². The largest absolute Gasteiger partial charge is 0.497 e. The summed E-state index contributed by atoms with van der Waals surface area (Å²) < 4.78 is 16.8. The first kappa shape index (κ1) is 20.2. The number of piperidine rings is 1. The maximum absolute atomic E-state index is 12.2. The van der Waals surface area contributed by atoms with Gasteiger partial charge in [-0.1, -0.05) is 0 Å². The summed E-state index contributed by atoms with van der Waals surface area (Å²) >= 11 is 0. The highest BCUT2D eigenvalue weighted by atomic mass is 16.6. The van der Waals surface area contributed by atoms with Gasteiger partial charge in [0.05, 0.1) is 19.2 Å². The third kappa shape index (κ3) is 5.27. The van der Waals surface area contributed by atoms with E-state index in [2.05, 4.69) is 4.98 Å². The van der Waals surface area contributed by atoms with E-state index in [9.17, 15) is 4.79 Å². The number of hydrogen-bond acceptors (Lipinski definition) is 5. The Kier molecular flexibility index (Phi) is 6.27. The van der Waals surface area contributed by atoms with Crippen LogP contribution in [0.3, 0.4) is 0 Å². The molecule has 28 heavy (non-hydrogen) atoms. The number of benzene rings is 1. The van der Waals surface area contributed by atoms with Crippen LogP contribution in [0.25, 0.3) is 10.9 Å². The fraction of sp³-hybridized carbons (Fsp3) is 0.545. The Morgan fingerprint density at radius 1 is 1.21 bits per heavy atom. The summed E-state index contributed by atoms with van der Waals surface area (Å²) in [5.41, 5.74) is 0.446. The van der Waals surface area contributed by atoms with E-state index >= 15 is 0 Å². The Morgan fingerprint density at radius 3 is 2.64 bits per heavy atom. The van der Waals surface area contributed by atoms with Gasteiger partial charge in [-0.25, -0.2) is 4.79 Å². The van der Waals surface area contributed by atoms with Gasteiger partial charge in [-0.3, -0.25) is 4.98 Å². The number of carbonyl (C=O) groups is 1. The summed E-state index contributed by atoms with van der Waals surface area (Å²) in [6, 6.07) is 7.69. The van der Waals surface area contributed by atoms with E-state index in [1.807, 2.05) is 49.9 Å². The van der Waals surface area contributed by atoms with E-state index in [1.165, 1.54) is 0 Å². The van der Waals surface area contributed by atoms with Gasteiger partial charge in [-0.2, -0.15) is 0 Å². The van der Waals surface area contributed by atoms with Crippen LogP contribution in [0.2, 0.25) is 0 Å². The maximum atomic E-state index is 12.2. The third-order valence-corrected chi connectivity index (χ3v) is 4.96. The fourth-order valence-corrected chi connectivity index (χ4v) is 3.42. The molecule has 0 radical (unpaired) electrons. The minimum Gasteiger partial charge on any atom is -0.497 e. The number of likely N-dealkylation sites (tertiary alicyclic amines) is 1. The molecule has 1 aromatic heterocycles. The molecule has 1 aromatic carbocycles. The summed E-state index contributed by atoms with van der Waals surface area (Å²) in [7, 11) is 1.65. The van der Waals surface area contributed by atoms with Gasteiger partial charge in [0.15, 0.2) is 0 Å². The van der Waals surface area contributed by atoms with E-state index in [0.29, 0.717) is 12.5 Å². The molecule has 0 unspecified atom stereocenters. The van der Waals surface area contributed by atoms with Crippen molar-refractivity contribution in [1.82, 2.24) is 9.88 Å². The second-order valence-corrected chi connectivity index (χ2v) is 8.24. The van der Waals surface area contributed by atoms with E-state index in [-0.39, 0.29) is 6.09 Å². The van der Waals surface area contributed by atoms with Crippen molar-refractivity contribution >= 4 is 17.0 Å². The monoisotopic (exact) mass is 386 g/mol. The van der Waals surface area contributed by atoms with Gasteiger partial charge in [-0.05, 0) is 70.2 Å². The molecule has 6 heteroatoms. The lowest BCUT2D eigenvalue weighted by Gasteiger charge is -2.33. The lowest BCUT2D eigenvalue weighted by atomic mass is 9.94.